The quantitative estimate of drug-likeness (QED) is 0.595. The van der Waals surface area contributed by atoms with Gasteiger partial charge in [0.15, 0.2) is 0 Å². The minimum absolute atomic E-state index is 0.579. The third-order valence-corrected chi connectivity index (χ3v) is 2.99. The monoisotopic (exact) mass is 251 g/mol. The number of rotatable bonds is 7. The van der Waals surface area contributed by atoms with Crippen LogP contribution >= 0.6 is 0 Å². The maximum absolute atomic E-state index is 5.77. The third-order valence-electron chi connectivity index (χ3n) is 2.99. The Labute approximate surface area is 108 Å². The molecule has 0 radical (unpaired) electrons. The van der Waals surface area contributed by atoms with E-state index < -0.39 is 0 Å². The molecule has 1 saturated heterocycles. The van der Waals surface area contributed by atoms with Crippen molar-refractivity contribution in [3.8, 4) is 5.75 Å². The first-order chi connectivity index (χ1) is 8.86. The van der Waals surface area contributed by atoms with Crippen LogP contribution in [0.4, 0.5) is 5.69 Å². The predicted molar refractivity (Wildman–Crippen MR) is 70.7 cm³/mol. The molecule has 1 unspecified atom stereocenters. The summed E-state index contributed by atoms with van der Waals surface area (Å²) in [4.78, 5) is 0. The van der Waals surface area contributed by atoms with E-state index in [0.717, 1.165) is 45.0 Å². The standard InChI is InChI=1S/C14H21NO3/c15-13-4-1-2-5-14(13)18-8-3-7-16-10-12-6-9-17-11-12/h1-2,4-5,12H,3,6-11,15H2. The molecule has 0 amide bonds. The van der Waals surface area contributed by atoms with Gasteiger partial charge in [0.2, 0.25) is 0 Å². The van der Waals surface area contributed by atoms with E-state index in [1.807, 2.05) is 24.3 Å². The Morgan fingerprint density at radius 3 is 2.94 bits per heavy atom. The number of ether oxygens (including phenoxy) is 3. The molecule has 18 heavy (non-hydrogen) atoms. The molecule has 0 saturated carbocycles. The molecule has 0 spiro atoms. The lowest BCUT2D eigenvalue weighted by molar-refractivity contribution is 0.0814. The second kappa shape index (κ2) is 7.24. The van der Waals surface area contributed by atoms with Crippen molar-refractivity contribution in [2.24, 2.45) is 5.92 Å². The molecule has 0 aromatic heterocycles. The first-order valence-corrected chi connectivity index (χ1v) is 6.49. The highest BCUT2D eigenvalue weighted by molar-refractivity contribution is 5.51. The summed E-state index contributed by atoms with van der Waals surface area (Å²) in [6.07, 6.45) is 2.00. The highest BCUT2D eigenvalue weighted by Gasteiger charge is 2.15. The van der Waals surface area contributed by atoms with E-state index in [2.05, 4.69) is 0 Å². The van der Waals surface area contributed by atoms with Gasteiger partial charge in [-0.05, 0) is 18.6 Å². The average molecular weight is 251 g/mol. The molecular formula is C14H21NO3. The smallest absolute Gasteiger partial charge is 0.142 e. The van der Waals surface area contributed by atoms with Crippen molar-refractivity contribution in [3.05, 3.63) is 24.3 Å². The molecule has 1 aliphatic rings. The van der Waals surface area contributed by atoms with Gasteiger partial charge >= 0.3 is 0 Å². The maximum Gasteiger partial charge on any atom is 0.142 e. The molecule has 1 atom stereocenters. The number of para-hydroxylation sites is 2. The highest BCUT2D eigenvalue weighted by Crippen LogP contribution is 2.19. The summed E-state index contributed by atoms with van der Waals surface area (Å²) < 4.78 is 16.5. The summed E-state index contributed by atoms with van der Waals surface area (Å²) in [6, 6.07) is 7.54. The van der Waals surface area contributed by atoms with Crippen molar-refractivity contribution in [2.75, 3.05) is 38.8 Å². The zero-order valence-corrected chi connectivity index (χ0v) is 10.6. The molecule has 1 aromatic carbocycles. The lowest BCUT2D eigenvalue weighted by atomic mass is 10.1. The van der Waals surface area contributed by atoms with E-state index in [1.54, 1.807) is 0 Å². The first kappa shape index (κ1) is 13.2. The summed E-state index contributed by atoms with van der Waals surface area (Å²) in [5.74, 6) is 1.33. The van der Waals surface area contributed by atoms with Crippen LogP contribution in [0.5, 0.6) is 5.75 Å². The molecule has 0 bridgehead atoms. The Morgan fingerprint density at radius 2 is 2.17 bits per heavy atom. The van der Waals surface area contributed by atoms with Crippen molar-refractivity contribution in [1.82, 2.24) is 0 Å². The number of benzene rings is 1. The molecule has 4 heteroatoms. The second-order valence-electron chi connectivity index (χ2n) is 4.54. The maximum atomic E-state index is 5.77. The van der Waals surface area contributed by atoms with Gasteiger partial charge in [-0.15, -0.1) is 0 Å². The van der Waals surface area contributed by atoms with E-state index >= 15 is 0 Å². The summed E-state index contributed by atoms with van der Waals surface area (Å²) in [5.41, 5.74) is 6.46. The third kappa shape index (κ3) is 4.20. The Hall–Kier alpha value is -1.26. The van der Waals surface area contributed by atoms with E-state index in [0.29, 0.717) is 18.2 Å². The molecular weight excluding hydrogens is 230 g/mol. The Morgan fingerprint density at radius 1 is 1.28 bits per heavy atom. The van der Waals surface area contributed by atoms with Crippen molar-refractivity contribution < 1.29 is 14.2 Å². The van der Waals surface area contributed by atoms with Crippen molar-refractivity contribution in [3.63, 3.8) is 0 Å². The van der Waals surface area contributed by atoms with Crippen LogP contribution in [0.25, 0.3) is 0 Å². The van der Waals surface area contributed by atoms with Crippen LogP contribution in [0, 0.1) is 5.92 Å². The summed E-state index contributed by atoms with van der Waals surface area (Å²) >= 11 is 0. The molecule has 1 heterocycles. The van der Waals surface area contributed by atoms with E-state index in [4.69, 9.17) is 19.9 Å². The number of nitrogens with two attached hydrogens (primary N) is 1. The fourth-order valence-electron chi connectivity index (χ4n) is 1.92. The predicted octanol–water partition coefficient (Wildman–Crippen LogP) is 2.09. The van der Waals surface area contributed by atoms with Crippen molar-refractivity contribution in [1.29, 1.82) is 0 Å². The average Bonchev–Trinajstić information content (AvgIpc) is 2.89. The topological polar surface area (TPSA) is 53.7 Å². The zero-order chi connectivity index (χ0) is 12.6. The van der Waals surface area contributed by atoms with Gasteiger partial charge in [-0.1, -0.05) is 12.1 Å². The van der Waals surface area contributed by atoms with Crippen LogP contribution in [0.15, 0.2) is 24.3 Å². The fourth-order valence-corrected chi connectivity index (χ4v) is 1.92. The molecule has 100 valence electrons. The van der Waals surface area contributed by atoms with Crippen LogP contribution in [0.2, 0.25) is 0 Å². The molecule has 2 rings (SSSR count). The lowest BCUT2D eigenvalue weighted by Crippen LogP contribution is -2.11. The Kier molecular flexibility index (Phi) is 5.30. The SMILES string of the molecule is Nc1ccccc1OCCCOCC1CCOC1. The largest absolute Gasteiger partial charge is 0.491 e. The van der Waals surface area contributed by atoms with Crippen LogP contribution in [0.3, 0.4) is 0 Å². The van der Waals surface area contributed by atoms with Gasteiger partial charge in [0.25, 0.3) is 0 Å². The highest BCUT2D eigenvalue weighted by atomic mass is 16.5. The number of hydrogen-bond acceptors (Lipinski definition) is 4. The van der Waals surface area contributed by atoms with Crippen LogP contribution in [-0.4, -0.2) is 33.0 Å². The number of anilines is 1. The number of nitrogen functional groups attached to an aromatic ring is 1. The van der Waals surface area contributed by atoms with E-state index in [9.17, 15) is 0 Å². The van der Waals surface area contributed by atoms with Crippen LogP contribution in [0.1, 0.15) is 12.8 Å². The van der Waals surface area contributed by atoms with Gasteiger partial charge in [-0.3, -0.25) is 0 Å². The van der Waals surface area contributed by atoms with E-state index in [1.165, 1.54) is 0 Å². The zero-order valence-electron chi connectivity index (χ0n) is 10.6. The van der Waals surface area contributed by atoms with E-state index in [-0.39, 0.29) is 0 Å². The first-order valence-electron chi connectivity index (χ1n) is 6.49. The lowest BCUT2D eigenvalue weighted by Gasteiger charge is -2.10. The molecule has 4 nitrogen and oxygen atoms in total. The fraction of sp³-hybridized carbons (Fsp3) is 0.571. The summed E-state index contributed by atoms with van der Waals surface area (Å²) in [5, 5.41) is 0. The van der Waals surface area contributed by atoms with Gasteiger partial charge in [0, 0.05) is 25.6 Å². The molecule has 1 aromatic rings. The van der Waals surface area contributed by atoms with Gasteiger partial charge < -0.3 is 19.9 Å². The Balaban J connectivity index is 1.52. The normalized spacial score (nSPS) is 19.0. The van der Waals surface area contributed by atoms with Crippen molar-refractivity contribution in [2.45, 2.75) is 12.8 Å². The molecule has 0 aliphatic carbocycles. The minimum Gasteiger partial charge on any atom is -0.491 e. The Bertz CT molecular complexity index is 351. The molecule has 2 N–H and O–H groups in total. The summed E-state index contributed by atoms with van der Waals surface area (Å²) in [7, 11) is 0. The minimum atomic E-state index is 0.579. The van der Waals surface area contributed by atoms with Gasteiger partial charge in [0.05, 0.1) is 25.5 Å². The molecule has 1 fully saturated rings. The van der Waals surface area contributed by atoms with Crippen molar-refractivity contribution >= 4 is 5.69 Å². The molecule has 1 aliphatic heterocycles. The van der Waals surface area contributed by atoms with Gasteiger partial charge in [0.1, 0.15) is 5.75 Å². The number of hydrogen-bond donors (Lipinski definition) is 1. The van der Waals surface area contributed by atoms with Crippen LogP contribution < -0.4 is 10.5 Å². The second-order valence-corrected chi connectivity index (χ2v) is 4.54. The van der Waals surface area contributed by atoms with Crippen LogP contribution in [-0.2, 0) is 9.47 Å². The van der Waals surface area contributed by atoms with Gasteiger partial charge in [-0.2, -0.15) is 0 Å². The summed E-state index contributed by atoms with van der Waals surface area (Å²) in [6.45, 7) is 3.88. The van der Waals surface area contributed by atoms with Gasteiger partial charge in [-0.25, -0.2) is 0 Å².